The molecule has 1 aromatic rings. The second kappa shape index (κ2) is 9.28. The highest BCUT2D eigenvalue weighted by atomic mass is 32.2. The summed E-state index contributed by atoms with van der Waals surface area (Å²) in [4.78, 5) is 0.223. The van der Waals surface area contributed by atoms with Gasteiger partial charge in [-0.1, -0.05) is 38.5 Å². The van der Waals surface area contributed by atoms with Gasteiger partial charge in [-0.05, 0) is 25.0 Å². The lowest BCUT2D eigenvalue weighted by atomic mass is 10.1. The predicted molar refractivity (Wildman–Crippen MR) is 95.2 cm³/mol. The van der Waals surface area contributed by atoms with Crippen molar-refractivity contribution in [3.63, 3.8) is 0 Å². The lowest BCUT2D eigenvalue weighted by molar-refractivity contribution is 0.294. The van der Waals surface area contributed by atoms with Crippen molar-refractivity contribution >= 4 is 10.0 Å². The summed E-state index contributed by atoms with van der Waals surface area (Å²) < 4.78 is 38.2. The number of methoxy groups -OCH3 is 1. The first kappa shape index (κ1) is 19.1. The number of hydrogen-bond donors (Lipinski definition) is 0. The minimum atomic E-state index is -3.55. The molecule has 24 heavy (non-hydrogen) atoms. The van der Waals surface area contributed by atoms with Gasteiger partial charge >= 0.3 is 0 Å². The molecule has 0 saturated heterocycles. The van der Waals surface area contributed by atoms with Crippen molar-refractivity contribution in [1.29, 1.82) is 0 Å². The average Bonchev–Trinajstić information content (AvgIpc) is 2.58. The van der Waals surface area contributed by atoms with E-state index in [2.05, 4.69) is 0 Å². The Bertz CT molecular complexity index is 615. The van der Waals surface area contributed by atoms with Crippen LogP contribution in [0, 0.1) is 0 Å². The normalized spacial score (nSPS) is 20.9. The highest BCUT2D eigenvalue weighted by Crippen LogP contribution is 2.31. The van der Waals surface area contributed by atoms with Gasteiger partial charge in [-0.3, -0.25) is 0 Å². The Hall–Kier alpha value is -1.27. The maximum absolute atomic E-state index is 12.9. The molecule has 0 unspecified atom stereocenters. The van der Waals surface area contributed by atoms with Gasteiger partial charge in [0, 0.05) is 19.7 Å². The largest absolute Gasteiger partial charge is 0.497 e. The first-order valence-electron chi connectivity index (χ1n) is 8.83. The summed E-state index contributed by atoms with van der Waals surface area (Å²) in [6.45, 7) is 1.06. The summed E-state index contributed by atoms with van der Waals surface area (Å²) in [5.74, 6) is 0.987. The second-order valence-corrected chi connectivity index (χ2v) is 8.33. The van der Waals surface area contributed by atoms with E-state index in [4.69, 9.17) is 9.47 Å². The fourth-order valence-electron chi connectivity index (χ4n) is 2.91. The number of sulfonamides is 1. The van der Waals surface area contributed by atoms with Gasteiger partial charge in [0.15, 0.2) is 0 Å². The maximum Gasteiger partial charge on any atom is 0.246 e. The van der Waals surface area contributed by atoms with Crippen LogP contribution in [0.5, 0.6) is 11.5 Å². The van der Waals surface area contributed by atoms with Crippen molar-refractivity contribution in [2.45, 2.75) is 56.3 Å². The van der Waals surface area contributed by atoms with E-state index >= 15 is 0 Å². The third kappa shape index (κ3) is 5.11. The molecular formula is C18H29NO4S. The van der Waals surface area contributed by atoms with E-state index < -0.39 is 10.0 Å². The SMILES string of the molecule is COc1ccc2c(c1)OCCCCCCCCCCN(C)S2(=O)=O. The summed E-state index contributed by atoms with van der Waals surface area (Å²) in [5, 5.41) is 0. The van der Waals surface area contributed by atoms with Gasteiger partial charge < -0.3 is 9.47 Å². The maximum atomic E-state index is 12.9. The summed E-state index contributed by atoms with van der Waals surface area (Å²) >= 11 is 0. The van der Waals surface area contributed by atoms with E-state index in [9.17, 15) is 8.42 Å². The molecule has 1 aromatic carbocycles. The molecule has 0 amide bonds. The van der Waals surface area contributed by atoms with Gasteiger partial charge in [0.2, 0.25) is 10.0 Å². The fourth-order valence-corrected chi connectivity index (χ4v) is 4.23. The molecule has 136 valence electrons. The van der Waals surface area contributed by atoms with Crippen LogP contribution >= 0.6 is 0 Å². The second-order valence-electron chi connectivity index (χ2n) is 6.32. The topological polar surface area (TPSA) is 55.8 Å². The van der Waals surface area contributed by atoms with Gasteiger partial charge in [-0.2, -0.15) is 0 Å². The quantitative estimate of drug-likeness (QED) is 0.768. The van der Waals surface area contributed by atoms with Gasteiger partial charge in [0.05, 0.1) is 13.7 Å². The van der Waals surface area contributed by atoms with Crippen LogP contribution in [-0.4, -0.2) is 40.0 Å². The molecule has 0 N–H and O–H groups in total. The van der Waals surface area contributed by atoms with Gasteiger partial charge in [-0.15, -0.1) is 0 Å². The lowest BCUT2D eigenvalue weighted by Gasteiger charge is -2.20. The lowest BCUT2D eigenvalue weighted by Crippen LogP contribution is -2.28. The fraction of sp³-hybridized carbons (Fsp3) is 0.667. The van der Waals surface area contributed by atoms with Crippen LogP contribution in [0.1, 0.15) is 51.4 Å². The van der Waals surface area contributed by atoms with Crippen LogP contribution in [0.15, 0.2) is 23.1 Å². The van der Waals surface area contributed by atoms with Crippen molar-refractivity contribution in [3.05, 3.63) is 18.2 Å². The molecule has 0 radical (unpaired) electrons. The van der Waals surface area contributed by atoms with Gasteiger partial charge in [-0.25, -0.2) is 12.7 Å². The summed E-state index contributed by atoms with van der Waals surface area (Å²) in [6, 6.07) is 4.92. The first-order valence-corrected chi connectivity index (χ1v) is 10.3. The van der Waals surface area contributed by atoms with E-state index in [0.717, 1.165) is 25.7 Å². The van der Waals surface area contributed by atoms with E-state index in [1.54, 1.807) is 32.4 Å². The number of rotatable bonds is 1. The van der Waals surface area contributed by atoms with Crippen LogP contribution in [0.3, 0.4) is 0 Å². The van der Waals surface area contributed by atoms with Crippen LogP contribution in [0.4, 0.5) is 0 Å². The van der Waals surface area contributed by atoms with Gasteiger partial charge in [0.25, 0.3) is 0 Å². The molecule has 0 aromatic heterocycles. The number of nitrogens with zero attached hydrogens (tertiary/aromatic N) is 1. The smallest absolute Gasteiger partial charge is 0.246 e. The number of hydrogen-bond acceptors (Lipinski definition) is 4. The van der Waals surface area contributed by atoms with Crippen LogP contribution in [-0.2, 0) is 10.0 Å². The monoisotopic (exact) mass is 355 g/mol. The zero-order valence-electron chi connectivity index (χ0n) is 14.8. The zero-order valence-corrected chi connectivity index (χ0v) is 15.6. The molecule has 1 heterocycles. The average molecular weight is 356 g/mol. The highest BCUT2D eigenvalue weighted by molar-refractivity contribution is 7.89. The number of fused-ring (bicyclic) bond motifs is 1. The molecule has 0 atom stereocenters. The standard InChI is InChI=1S/C18H29NO4S/c1-19-13-9-7-5-3-4-6-8-10-14-23-17-15-16(22-2)11-12-18(17)24(19,20)21/h11-12,15H,3-10,13-14H2,1-2H3. The van der Waals surface area contributed by atoms with E-state index in [-0.39, 0.29) is 4.90 Å². The van der Waals surface area contributed by atoms with E-state index in [1.165, 1.54) is 30.0 Å². The van der Waals surface area contributed by atoms with Gasteiger partial charge in [0.1, 0.15) is 16.4 Å². The Kier molecular flexibility index (Phi) is 7.37. The summed E-state index contributed by atoms with van der Waals surface area (Å²) in [6.07, 6.45) is 8.89. The Labute approximate surface area is 146 Å². The Morgan fingerprint density at radius 3 is 2.29 bits per heavy atom. The molecular weight excluding hydrogens is 326 g/mol. The molecule has 5 nitrogen and oxygen atoms in total. The third-order valence-corrected chi connectivity index (χ3v) is 6.36. The molecule has 0 fully saturated rings. The van der Waals surface area contributed by atoms with E-state index in [1.807, 2.05) is 0 Å². The minimum absolute atomic E-state index is 0.223. The van der Waals surface area contributed by atoms with Crippen molar-refractivity contribution in [2.75, 3.05) is 27.3 Å². The molecule has 1 aliphatic rings. The van der Waals surface area contributed by atoms with Crippen LogP contribution in [0.25, 0.3) is 0 Å². The highest BCUT2D eigenvalue weighted by Gasteiger charge is 2.25. The molecule has 0 aliphatic carbocycles. The van der Waals surface area contributed by atoms with Crippen molar-refractivity contribution in [3.8, 4) is 11.5 Å². The molecule has 0 bridgehead atoms. The first-order chi connectivity index (χ1) is 11.6. The molecule has 0 spiro atoms. The number of benzene rings is 1. The van der Waals surface area contributed by atoms with Crippen molar-refractivity contribution in [1.82, 2.24) is 4.31 Å². The Balaban J connectivity index is 2.26. The molecule has 0 saturated carbocycles. The third-order valence-electron chi connectivity index (χ3n) is 4.46. The van der Waals surface area contributed by atoms with Crippen molar-refractivity contribution < 1.29 is 17.9 Å². The van der Waals surface area contributed by atoms with E-state index in [0.29, 0.717) is 24.7 Å². The molecule has 1 aliphatic heterocycles. The van der Waals surface area contributed by atoms with Crippen molar-refractivity contribution in [2.24, 2.45) is 0 Å². The summed E-state index contributed by atoms with van der Waals surface area (Å²) in [7, 11) is -0.346. The predicted octanol–water partition coefficient (Wildman–Crippen LogP) is 3.83. The minimum Gasteiger partial charge on any atom is -0.497 e. The van der Waals surface area contributed by atoms with Crippen LogP contribution in [0.2, 0.25) is 0 Å². The zero-order chi connectivity index (χ0) is 17.4. The Morgan fingerprint density at radius 2 is 1.62 bits per heavy atom. The Morgan fingerprint density at radius 1 is 1.00 bits per heavy atom. The van der Waals surface area contributed by atoms with Crippen LogP contribution < -0.4 is 9.47 Å². The summed E-state index contributed by atoms with van der Waals surface area (Å²) in [5.41, 5.74) is 0. The molecule has 6 heteroatoms. The number of ether oxygens (including phenoxy) is 2. The molecule has 2 rings (SSSR count).